The molecule has 3 aromatic carbocycles. The largest absolute Gasteiger partial charge is 0.493 e. The van der Waals surface area contributed by atoms with Crippen LogP contribution in [0.1, 0.15) is 148 Å². The molecule has 82 heavy (non-hydrogen) atoms. The predicted octanol–water partition coefficient (Wildman–Crippen LogP) is 8.75. The molecule has 3 aromatic rings. The molecule has 0 aliphatic carbocycles. The fourth-order valence-corrected chi connectivity index (χ4v) is 6.83. The van der Waals surface area contributed by atoms with Gasteiger partial charge in [0.15, 0.2) is 0 Å². The molecule has 0 fully saturated rings. The molecule has 23 nitrogen and oxygen atoms in total. The first-order chi connectivity index (χ1) is 38.5. The van der Waals surface area contributed by atoms with Crippen LogP contribution in [-0.4, -0.2) is 143 Å². The summed E-state index contributed by atoms with van der Waals surface area (Å²) in [6, 6.07) is 14.8. The lowest BCUT2D eigenvalue weighted by Crippen LogP contribution is -2.33. The molecular formula is C59H90N6O17. The minimum atomic E-state index is -0.626. The van der Waals surface area contributed by atoms with E-state index in [1.807, 2.05) is 0 Å². The molecule has 0 saturated carbocycles. The van der Waals surface area contributed by atoms with Crippen LogP contribution in [0.4, 0.5) is 19.2 Å². The topological polar surface area (TPSA) is 287 Å². The molecule has 0 aliphatic heterocycles. The summed E-state index contributed by atoms with van der Waals surface area (Å²) in [4.78, 5) is 75.0. The Labute approximate surface area is 483 Å². The second-order valence-electron chi connectivity index (χ2n) is 22.8. The lowest BCUT2D eigenvalue weighted by atomic mass is 10.2. The Balaban J connectivity index is 1.52. The van der Waals surface area contributed by atoms with Gasteiger partial charge in [0.2, 0.25) is 0 Å². The summed E-state index contributed by atoms with van der Waals surface area (Å²) >= 11 is 0. The lowest BCUT2D eigenvalue weighted by molar-refractivity contribution is 0.0513. The van der Waals surface area contributed by atoms with Gasteiger partial charge in [-0.05, 0) is 164 Å². The normalized spacial score (nSPS) is 11.5. The van der Waals surface area contributed by atoms with E-state index in [-0.39, 0.29) is 71.2 Å². The maximum atomic E-state index is 13.4. The molecule has 6 amide bonds. The van der Waals surface area contributed by atoms with Gasteiger partial charge >= 0.3 is 24.4 Å². The van der Waals surface area contributed by atoms with E-state index in [1.165, 1.54) is 0 Å². The second-order valence-corrected chi connectivity index (χ2v) is 22.8. The Kier molecular flexibility index (Phi) is 29.0. The van der Waals surface area contributed by atoms with Crippen LogP contribution < -0.4 is 60.3 Å². The van der Waals surface area contributed by atoms with E-state index in [2.05, 4.69) is 31.9 Å². The summed E-state index contributed by atoms with van der Waals surface area (Å²) in [5.41, 5.74) is -1.36. The number of carbonyl (C=O) groups is 6. The quantitative estimate of drug-likeness (QED) is 0.0222. The minimum absolute atomic E-state index is 0.225. The van der Waals surface area contributed by atoms with Gasteiger partial charge in [-0.3, -0.25) is 9.59 Å². The monoisotopic (exact) mass is 1150 g/mol. The number of nitrogens with one attached hydrogen (secondary N) is 6. The molecule has 0 radical (unpaired) electrons. The van der Waals surface area contributed by atoms with E-state index >= 15 is 0 Å². The van der Waals surface area contributed by atoms with Crippen molar-refractivity contribution in [3.63, 3.8) is 0 Å². The van der Waals surface area contributed by atoms with Crippen molar-refractivity contribution in [2.24, 2.45) is 0 Å². The predicted molar refractivity (Wildman–Crippen MR) is 308 cm³/mol. The molecule has 0 unspecified atom stereocenters. The number of aliphatic hydroxyl groups excluding tert-OH is 1. The number of alkyl carbamates (subject to hydrolysis) is 4. The van der Waals surface area contributed by atoms with E-state index in [9.17, 15) is 33.9 Å². The summed E-state index contributed by atoms with van der Waals surface area (Å²) < 4.78 is 56.9. The van der Waals surface area contributed by atoms with Crippen molar-refractivity contribution in [3.8, 4) is 34.5 Å². The van der Waals surface area contributed by atoms with Gasteiger partial charge < -0.3 is 84.4 Å². The maximum absolute atomic E-state index is 13.4. The van der Waals surface area contributed by atoms with Gasteiger partial charge in [-0.25, -0.2) is 19.2 Å². The van der Waals surface area contributed by atoms with Crippen LogP contribution in [0.25, 0.3) is 0 Å². The summed E-state index contributed by atoms with van der Waals surface area (Å²) in [6.07, 6.45) is 0.608. The zero-order valence-electron chi connectivity index (χ0n) is 50.1. The van der Waals surface area contributed by atoms with Crippen LogP contribution >= 0.6 is 0 Å². The van der Waals surface area contributed by atoms with Crippen molar-refractivity contribution in [2.75, 3.05) is 78.9 Å². The van der Waals surface area contributed by atoms with Crippen molar-refractivity contribution < 1.29 is 81.2 Å². The molecule has 0 spiro atoms. The average molecular weight is 1160 g/mol. The molecule has 0 aliphatic rings. The lowest BCUT2D eigenvalue weighted by Gasteiger charge is -2.19. The zero-order valence-corrected chi connectivity index (χ0v) is 50.1. The van der Waals surface area contributed by atoms with Gasteiger partial charge in [-0.1, -0.05) is 0 Å². The molecule has 458 valence electrons. The summed E-state index contributed by atoms with van der Waals surface area (Å²) in [7, 11) is 0. The second kappa shape index (κ2) is 34.7. The van der Waals surface area contributed by atoms with Crippen LogP contribution in [0.15, 0.2) is 54.6 Å². The molecule has 0 aromatic heterocycles. The zero-order chi connectivity index (χ0) is 60.8. The Morgan fingerprint density at radius 1 is 0.329 bits per heavy atom. The van der Waals surface area contributed by atoms with Crippen LogP contribution in [0.3, 0.4) is 0 Å². The SMILES string of the molecule is CC(C)(C)OC(=O)NCCCOc1cc(OCCCNC(=O)OC(C)(C)C)cc(C(=O)NCCCOc2cc(CO)cc(OCCCNC(=O)c3cc(OCCCNC(=O)OC(C)(C)C)cc(OCCCNC(=O)OC(C)(C)C)c3)c2)c1. The van der Waals surface area contributed by atoms with Crippen molar-refractivity contribution in [2.45, 2.75) is 151 Å². The van der Waals surface area contributed by atoms with E-state index in [0.29, 0.717) is 116 Å². The first-order valence-electron chi connectivity index (χ1n) is 27.8. The Bertz CT molecular complexity index is 2200. The first-order valence-corrected chi connectivity index (χ1v) is 27.8. The molecular weight excluding hydrogens is 1060 g/mol. The Hall–Kier alpha value is -7.56. The third-order valence-electron chi connectivity index (χ3n) is 10.2. The average Bonchev–Trinajstić information content (AvgIpc) is 3.36. The standard InChI is InChI=1S/C59H90N6O17/c1-56(2,3)79-52(69)62-21-15-27-75-46-33-42(34-47(38-46)76-28-16-22-63-53(70)80-57(4,5)6)50(67)60-19-13-25-73-44-31-41(40-66)32-45(37-44)74-26-14-20-61-51(68)43-35-48(77-29-17-23-64-54(71)81-58(7,8)9)39-49(36-43)78-30-18-24-65-55(72)82-59(10,11)12/h31-39,66H,13-30,40H2,1-12H3,(H,60,67)(H,61,68)(H,62,69)(H,63,70)(H,64,71)(H,65,72). The third-order valence-corrected chi connectivity index (χ3v) is 10.2. The van der Waals surface area contributed by atoms with Crippen LogP contribution in [0.2, 0.25) is 0 Å². The number of amides is 6. The first kappa shape index (κ1) is 68.7. The highest BCUT2D eigenvalue weighted by Gasteiger charge is 2.20. The summed E-state index contributed by atoms with van der Waals surface area (Å²) in [6.45, 7) is 24.2. The van der Waals surface area contributed by atoms with Gasteiger partial charge in [0.25, 0.3) is 11.8 Å². The fourth-order valence-electron chi connectivity index (χ4n) is 6.83. The van der Waals surface area contributed by atoms with Crippen molar-refractivity contribution in [3.05, 3.63) is 71.3 Å². The fraction of sp³-hybridized carbons (Fsp3) is 0.593. The van der Waals surface area contributed by atoms with Gasteiger partial charge in [0.05, 0.1) is 46.2 Å². The highest BCUT2D eigenvalue weighted by atomic mass is 16.6. The highest BCUT2D eigenvalue weighted by Crippen LogP contribution is 2.27. The molecule has 0 bridgehead atoms. The third kappa shape index (κ3) is 32.6. The van der Waals surface area contributed by atoms with E-state index < -0.39 is 46.8 Å². The van der Waals surface area contributed by atoms with Gasteiger partial charge in [0, 0.05) is 68.6 Å². The van der Waals surface area contributed by atoms with Gasteiger partial charge in [-0.15, -0.1) is 0 Å². The minimum Gasteiger partial charge on any atom is -0.493 e. The van der Waals surface area contributed by atoms with E-state index in [0.717, 1.165) is 0 Å². The number of rotatable bonds is 33. The molecule has 0 heterocycles. The summed E-state index contributed by atoms with van der Waals surface area (Å²) in [5, 5.41) is 26.6. The Morgan fingerprint density at radius 2 is 0.537 bits per heavy atom. The van der Waals surface area contributed by atoms with Crippen LogP contribution in [0, 0.1) is 0 Å². The molecule has 3 rings (SSSR count). The van der Waals surface area contributed by atoms with Crippen LogP contribution in [0.5, 0.6) is 34.5 Å². The molecule has 0 saturated heterocycles. The number of hydrogen-bond acceptors (Lipinski definition) is 17. The van der Waals surface area contributed by atoms with E-state index in [1.54, 1.807) is 138 Å². The van der Waals surface area contributed by atoms with Crippen molar-refractivity contribution in [1.29, 1.82) is 0 Å². The Morgan fingerprint density at radius 3 is 0.744 bits per heavy atom. The number of hydrogen-bond donors (Lipinski definition) is 7. The maximum Gasteiger partial charge on any atom is 0.407 e. The smallest absolute Gasteiger partial charge is 0.407 e. The highest BCUT2D eigenvalue weighted by molar-refractivity contribution is 5.95. The molecule has 23 heteroatoms. The number of benzene rings is 3. The van der Waals surface area contributed by atoms with Crippen LogP contribution in [-0.2, 0) is 25.6 Å². The molecule has 0 atom stereocenters. The van der Waals surface area contributed by atoms with E-state index in [4.69, 9.17) is 47.4 Å². The number of ether oxygens (including phenoxy) is 10. The van der Waals surface area contributed by atoms with Crippen molar-refractivity contribution in [1.82, 2.24) is 31.9 Å². The number of carbonyl (C=O) groups excluding carboxylic acids is 6. The molecule has 7 N–H and O–H groups in total. The summed E-state index contributed by atoms with van der Waals surface area (Å²) in [5.74, 6) is 1.70. The van der Waals surface area contributed by atoms with Gasteiger partial charge in [-0.2, -0.15) is 0 Å². The van der Waals surface area contributed by atoms with Crippen molar-refractivity contribution >= 4 is 36.2 Å². The number of aliphatic hydroxyl groups is 1. The van der Waals surface area contributed by atoms with Gasteiger partial charge in [0.1, 0.15) is 56.9 Å².